The lowest BCUT2D eigenvalue weighted by Crippen LogP contribution is -2.41. The second-order valence-electron chi connectivity index (χ2n) is 6.58. The number of carbonyl (C=O) groups is 1. The van der Waals surface area contributed by atoms with Crippen LogP contribution in [0.1, 0.15) is 12.5 Å². The van der Waals surface area contributed by atoms with Crippen molar-refractivity contribution in [3.63, 3.8) is 0 Å². The third-order valence-electron chi connectivity index (χ3n) is 4.22. The van der Waals surface area contributed by atoms with Crippen molar-refractivity contribution >= 4 is 21.6 Å². The van der Waals surface area contributed by atoms with E-state index in [1.807, 2.05) is 30.3 Å². The van der Waals surface area contributed by atoms with Crippen molar-refractivity contribution in [3.05, 3.63) is 90.2 Å². The molecule has 0 aliphatic heterocycles. The summed E-state index contributed by atoms with van der Waals surface area (Å²) in [7, 11) is -3.95. The van der Waals surface area contributed by atoms with E-state index in [-0.39, 0.29) is 4.90 Å². The number of ether oxygens (including phenoxy) is 1. The number of hydrogen-bond acceptors (Lipinski definition) is 4. The Labute approximate surface area is 174 Å². The highest BCUT2D eigenvalue weighted by molar-refractivity contribution is 7.89. The van der Waals surface area contributed by atoms with E-state index in [0.717, 1.165) is 29.8 Å². The van der Waals surface area contributed by atoms with Gasteiger partial charge < -0.3 is 10.1 Å². The van der Waals surface area contributed by atoms with E-state index in [1.165, 1.54) is 6.92 Å². The van der Waals surface area contributed by atoms with Gasteiger partial charge in [0.1, 0.15) is 18.2 Å². The van der Waals surface area contributed by atoms with Crippen molar-refractivity contribution in [2.45, 2.75) is 24.5 Å². The minimum absolute atomic E-state index is 0.122. The van der Waals surface area contributed by atoms with Gasteiger partial charge in [0.25, 0.3) is 0 Å². The molecule has 2 N–H and O–H groups in total. The van der Waals surface area contributed by atoms with E-state index in [2.05, 4.69) is 10.0 Å². The molecule has 0 saturated carbocycles. The second-order valence-corrected chi connectivity index (χ2v) is 8.30. The average Bonchev–Trinajstić information content (AvgIpc) is 2.74. The molecule has 0 radical (unpaired) electrons. The Hall–Kier alpha value is -3.23. The zero-order chi connectivity index (χ0) is 21.6. The van der Waals surface area contributed by atoms with Crippen LogP contribution in [-0.2, 0) is 21.4 Å². The predicted molar refractivity (Wildman–Crippen MR) is 112 cm³/mol. The van der Waals surface area contributed by atoms with Crippen LogP contribution in [-0.4, -0.2) is 20.4 Å². The lowest BCUT2D eigenvalue weighted by atomic mass is 10.2. The second kappa shape index (κ2) is 9.51. The van der Waals surface area contributed by atoms with Crippen LogP contribution in [0.25, 0.3) is 0 Å². The highest BCUT2D eigenvalue weighted by atomic mass is 32.2. The molecule has 0 aromatic heterocycles. The minimum atomic E-state index is -3.95. The van der Waals surface area contributed by atoms with Crippen LogP contribution in [0, 0.1) is 5.82 Å². The predicted octanol–water partition coefficient (Wildman–Crippen LogP) is 3.71. The summed E-state index contributed by atoms with van der Waals surface area (Å²) >= 11 is 0. The molecule has 6 nitrogen and oxygen atoms in total. The van der Waals surface area contributed by atoms with Gasteiger partial charge in [0.05, 0.1) is 10.9 Å². The van der Waals surface area contributed by atoms with Crippen LogP contribution in [0.15, 0.2) is 83.8 Å². The van der Waals surface area contributed by atoms with Gasteiger partial charge in [-0.2, -0.15) is 4.72 Å². The molecule has 1 atom stereocenters. The third kappa shape index (κ3) is 5.88. The molecule has 0 fully saturated rings. The first-order chi connectivity index (χ1) is 14.3. The van der Waals surface area contributed by atoms with Crippen molar-refractivity contribution in [1.29, 1.82) is 0 Å². The molecule has 0 aliphatic carbocycles. The number of hydrogen-bond donors (Lipinski definition) is 2. The lowest BCUT2D eigenvalue weighted by Gasteiger charge is -2.15. The maximum absolute atomic E-state index is 13.0. The Morgan fingerprint density at radius 3 is 2.23 bits per heavy atom. The fourth-order valence-electron chi connectivity index (χ4n) is 2.59. The Morgan fingerprint density at radius 1 is 0.967 bits per heavy atom. The molecule has 0 aliphatic rings. The minimum Gasteiger partial charge on any atom is -0.489 e. The Balaban J connectivity index is 1.55. The summed E-state index contributed by atoms with van der Waals surface area (Å²) in [5, 5.41) is 2.64. The molecule has 0 spiro atoms. The van der Waals surface area contributed by atoms with Crippen molar-refractivity contribution in [2.75, 3.05) is 5.32 Å². The summed E-state index contributed by atoms with van der Waals surface area (Å²) in [5.74, 6) is -0.434. The van der Waals surface area contributed by atoms with Crippen LogP contribution in [0.5, 0.6) is 5.75 Å². The van der Waals surface area contributed by atoms with E-state index in [9.17, 15) is 17.6 Å². The molecule has 3 aromatic rings. The molecular weight excluding hydrogens is 407 g/mol. The fraction of sp³-hybridized carbons (Fsp3) is 0.136. The monoisotopic (exact) mass is 428 g/mol. The number of benzene rings is 3. The molecule has 1 amide bonds. The molecule has 3 rings (SSSR count). The molecule has 0 saturated heterocycles. The molecule has 3 aromatic carbocycles. The number of carbonyl (C=O) groups excluding carboxylic acids is 1. The summed E-state index contributed by atoms with van der Waals surface area (Å²) < 4.78 is 45.6. The Kier molecular flexibility index (Phi) is 6.81. The van der Waals surface area contributed by atoms with Gasteiger partial charge in [-0.3, -0.25) is 4.79 Å². The van der Waals surface area contributed by atoms with Crippen LogP contribution in [0.3, 0.4) is 0 Å². The van der Waals surface area contributed by atoms with Crippen molar-refractivity contribution in [1.82, 2.24) is 4.72 Å². The van der Waals surface area contributed by atoms with Crippen molar-refractivity contribution in [2.24, 2.45) is 0 Å². The van der Waals surface area contributed by atoms with Crippen LogP contribution < -0.4 is 14.8 Å². The van der Waals surface area contributed by atoms with E-state index < -0.39 is 27.8 Å². The van der Waals surface area contributed by atoms with Crippen LogP contribution in [0.4, 0.5) is 10.1 Å². The van der Waals surface area contributed by atoms with Gasteiger partial charge in [0.15, 0.2) is 0 Å². The lowest BCUT2D eigenvalue weighted by molar-refractivity contribution is -0.117. The van der Waals surface area contributed by atoms with Crippen LogP contribution >= 0.6 is 0 Å². The number of rotatable bonds is 8. The fourth-order valence-corrected chi connectivity index (χ4v) is 3.80. The normalized spacial score (nSPS) is 12.2. The summed E-state index contributed by atoms with van der Waals surface area (Å²) in [6.45, 7) is 1.85. The average molecular weight is 428 g/mol. The number of sulfonamides is 1. The Morgan fingerprint density at radius 2 is 1.60 bits per heavy atom. The SMILES string of the molecule is CC(NS(=O)(=O)c1ccc(F)cc1)C(=O)Nc1ccc(OCc2ccccc2)cc1. The zero-order valence-corrected chi connectivity index (χ0v) is 17.0. The number of amides is 1. The molecule has 0 heterocycles. The first-order valence-corrected chi connectivity index (χ1v) is 10.7. The third-order valence-corrected chi connectivity index (χ3v) is 5.78. The molecule has 156 valence electrons. The van der Waals surface area contributed by atoms with Gasteiger partial charge in [-0.25, -0.2) is 12.8 Å². The van der Waals surface area contributed by atoms with E-state index in [0.29, 0.717) is 18.0 Å². The first kappa shape index (κ1) is 21.5. The maximum atomic E-state index is 13.0. The summed E-state index contributed by atoms with van der Waals surface area (Å²) in [5.41, 5.74) is 1.54. The van der Waals surface area contributed by atoms with Gasteiger partial charge in [-0.05, 0) is 61.0 Å². The molecule has 8 heteroatoms. The standard InChI is InChI=1S/C22H21FN2O4S/c1-16(25-30(27,28)21-13-7-18(23)8-14-21)22(26)24-19-9-11-20(12-10-19)29-15-17-5-3-2-4-6-17/h2-14,16,25H,15H2,1H3,(H,24,26). The highest BCUT2D eigenvalue weighted by Gasteiger charge is 2.22. The van der Waals surface area contributed by atoms with Crippen molar-refractivity contribution < 1.29 is 22.3 Å². The van der Waals surface area contributed by atoms with Gasteiger partial charge >= 0.3 is 0 Å². The number of halogens is 1. The quantitative estimate of drug-likeness (QED) is 0.573. The zero-order valence-electron chi connectivity index (χ0n) is 16.2. The summed E-state index contributed by atoms with van der Waals surface area (Å²) in [6.07, 6.45) is 0. The summed E-state index contributed by atoms with van der Waals surface area (Å²) in [6, 6.07) is 19.8. The first-order valence-electron chi connectivity index (χ1n) is 9.19. The van der Waals surface area contributed by atoms with Gasteiger partial charge in [-0.15, -0.1) is 0 Å². The van der Waals surface area contributed by atoms with Gasteiger partial charge in [0, 0.05) is 5.69 Å². The molecule has 30 heavy (non-hydrogen) atoms. The van der Waals surface area contributed by atoms with E-state index >= 15 is 0 Å². The van der Waals surface area contributed by atoms with Crippen LogP contribution in [0.2, 0.25) is 0 Å². The van der Waals surface area contributed by atoms with E-state index in [4.69, 9.17) is 4.74 Å². The molecule has 1 unspecified atom stereocenters. The number of anilines is 1. The van der Waals surface area contributed by atoms with Crippen molar-refractivity contribution in [3.8, 4) is 5.75 Å². The topological polar surface area (TPSA) is 84.5 Å². The smallest absolute Gasteiger partial charge is 0.242 e. The molecular formula is C22H21FN2O4S. The highest BCUT2D eigenvalue weighted by Crippen LogP contribution is 2.17. The summed E-state index contributed by atoms with van der Waals surface area (Å²) in [4.78, 5) is 12.2. The molecule has 0 bridgehead atoms. The maximum Gasteiger partial charge on any atom is 0.242 e. The largest absolute Gasteiger partial charge is 0.489 e. The van der Waals surface area contributed by atoms with Gasteiger partial charge in [-0.1, -0.05) is 30.3 Å². The van der Waals surface area contributed by atoms with E-state index in [1.54, 1.807) is 24.3 Å². The Bertz CT molecular complexity index is 1090. The number of nitrogens with one attached hydrogen (secondary N) is 2. The van der Waals surface area contributed by atoms with Gasteiger partial charge in [0.2, 0.25) is 15.9 Å².